The highest BCUT2D eigenvalue weighted by atomic mass is 16.8. The van der Waals surface area contributed by atoms with Crippen LogP contribution in [0.15, 0.2) is 109 Å². The molecule has 6 amide bonds. The van der Waals surface area contributed by atoms with Gasteiger partial charge in [-0.15, -0.1) is 0 Å². The molecule has 28 nitrogen and oxygen atoms in total. The highest BCUT2D eigenvalue weighted by Crippen LogP contribution is 2.43. The molecule has 3 aliphatic rings. The lowest BCUT2D eigenvalue weighted by Gasteiger charge is -2.41. The quantitative estimate of drug-likeness (QED) is 0.00858. The predicted molar refractivity (Wildman–Crippen MR) is 417 cm³/mol. The van der Waals surface area contributed by atoms with Gasteiger partial charge in [0.1, 0.15) is 81.9 Å². The van der Waals surface area contributed by atoms with Crippen molar-refractivity contribution in [1.29, 1.82) is 0 Å². The molecular formula is C83H118N6O22. The Morgan fingerprint density at radius 1 is 0.505 bits per heavy atom. The minimum atomic E-state index is -2.33. The second-order valence-electron chi connectivity index (χ2n) is 30.8. The van der Waals surface area contributed by atoms with Crippen molar-refractivity contribution in [2.24, 2.45) is 0 Å². The molecule has 111 heavy (non-hydrogen) atoms. The zero-order chi connectivity index (χ0) is 81.4. The Balaban J connectivity index is 0.000000347. The van der Waals surface area contributed by atoms with E-state index in [0.717, 1.165) is 31.8 Å². The molecule has 2 aliphatic carbocycles. The van der Waals surface area contributed by atoms with Crippen molar-refractivity contribution >= 4 is 71.3 Å². The van der Waals surface area contributed by atoms with Gasteiger partial charge >= 0.3 is 24.1 Å². The third-order valence-corrected chi connectivity index (χ3v) is 18.2. The number of amides is 6. The predicted octanol–water partition coefficient (Wildman–Crippen LogP) is 11.3. The number of aromatic hydroxyl groups is 2. The summed E-state index contributed by atoms with van der Waals surface area (Å²) in [4.78, 5) is 105. The molecular weight excluding hydrogens is 1430 g/mol. The minimum Gasteiger partial charge on any atom is -0.508 e. The first kappa shape index (κ1) is 90.6. The fraction of sp³-hybridized carbons (Fsp3) is 0.566. The molecule has 1 saturated heterocycles. The van der Waals surface area contributed by atoms with E-state index in [9.17, 15) is 69.0 Å². The van der Waals surface area contributed by atoms with Crippen molar-refractivity contribution in [3.63, 3.8) is 0 Å². The van der Waals surface area contributed by atoms with Gasteiger partial charge in [0, 0.05) is 62.3 Å². The Kier molecular flexibility index (Phi) is 35.9. The van der Waals surface area contributed by atoms with Crippen molar-refractivity contribution in [2.45, 2.75) is 275 Å². The van der Waals surface area contributed by atoms with Gasteiger partial charge in [-0.1, -0.05) is 102 Å². The van der Waals surface area contributed by atoms with Crippen LogP contribution in [0.4, 0.5) is 21.0 Å². The average molecular weight is 1550 g/mol. The van der Waals surface area contributed by atoms with Crippen LogP contribution in [0.2, 0.25) is 0 Å². The second-order valence-corrected chi connectivity index (χ2v) is 30.8. The number of alkyl carbamates (subject to hydrolysis) is 2. The number of aliphatic hydroxyl groups excluding tert-OH is 2. The summed E-state index contributed by atoms with van der Waals surface area (Å²) in [7, 11) is 0. The topological polar surface area (TPSA) is 404 Å². The summed E-state index contributed by atoms with van der Waals surface area (Å²) in [5, 5.41) is 79.7. The zero-order valence-electron chi connectivity index (χ0n) is 65.9. The van der Waals surface area contributed by atoms with Crippen molar-refractivity contribution < 1.29 is 107 Å². The first-order valence-electron chi connectivity index (χ1n) is 38.7. The molecule has 1 aliphatic heterocycles. The second kappa shape index (κ2) is 44.1. The Morgan fingerprint density at radius 2 is 0.892 bits per heavy atom. The third-order valence-electron chi connectivity index (χ3n) is 18.2. The summed E-state index contributed by atoms with van der Waals surface area (Å²) in [6, 6.07) is 23.6. The molecule has 10 unspecified atom stereocenters. The highest BCUT2D eigenvalue weighted by Gasteiger charge is 2.58. The van der Waals surface area contributed by atoms with Gasteiger partial charge < -0.3 is 100 Å². The van der Waals surface area contributed by atoms with E-state index in [1.54, 1.807) is 128 Å². The number of anilines is 2. The van der Waals surface area contributed by atoms with Crippen molar-refractivity contribution in [1.82, 2.24) is 21.3 Å². The molecule has 12 N–H and O–H groups in total. The fourth-order valence-corrected chi connectivity index (χ4v) is 12.5. The van der Waals surface area contributed by atoms with E-state index in [-0.39, 0.29) is 63.1 Å². The average Bonchev–Trinajstić information content (AvgIpc) is 1.64. The lowest BCUT2D eigenvalue weighted by Crippen LogP contribution is -2.61. The summed E-state index contributed by atoms with van der Waals surface area (Å²) < 4.78 is 45.4. The molecule has 4 aromatic rings. The largest absolute Gasteiger partial charge is 0.508 e. The van der Waals surface area contributed by atoms with Gasteiger partial charge in [0.05, 0.1) is 25.4 Å². The number of phenolic OH excluding ortho intramolecular Hbond substituents is 2. The van der Waals surface area contributed by atoms with Gasteiger partial charge in [-0.2, -0.15) is 0 Å². The standard InChI is InChI=1S/C43H61N3O11.C40H57N3O11/c1-7-8-9-10-11-12-26-53-32-22-18-30(19-23-32)45-38(49)33(14-13-25-44-40(51)57-41(2,3)4)46-39(50)43(52)27-34(37-35(28-43)55-42(5,6)56-37)54-36(48)24-17-29-15-20-31(47)21-16-29;1-5-6-7-8-9-10-24-52-30-20-16-28(17-21-30)42-36(48)31(12-11-23-41-38(50)54-39(2,3)4)43-37(49)40(51)25-32(45)35(47)33(26-40)53-34(46)22-15-27-13-18-29(44)19-14-27/h15-24,33-35,37,47,52H,7-14,25-28H2,1-6H3,(H,44,51)(H,45,49)(H,46,50);13-22,31-33,35,44-45,47,51H,5-12,23-26H2,1-4H3,(H,41,50)(H,42,48)(H,43,49)/b24-17+;22-15+. The molecule has 4 aromatic carbocycles. The van der Waals surface area contributed by atoms with Gasteiger partial charge in [-0.3, -0.25) is 19.2 Å². The van der Waals surface area contributed by atoms with Crippen LogP contribution >= 0.6 is 0 Å². The summed E-state index contributed by atoms with van der Waals surface area (Å²) in [5.74, 6) is -4.31. The van der Waals surface area contributed by atoms with Crippen LogP contribution in [0, 0.1) is 0 Å². The van der Waals surface area contributed by atoms with Crippen LogP contribution in [0.5, 0.6) is 23.0 Å². The van der Waals surface area contributed by atoms with Crippen LogP contribution in [-0.4, -0.2) is 182 Å². The normalized spacial score (nSPS) is 21.2. The Hall–Kier alpha value is -9.32. The molecule has 0 radical (unpaired) electrons. The minimum absolute atomic E-state index is 0.0363. The monoisotopic (exact) mass is 1550 g/mol. The highest BCUT2D eigenvalue weighted by molar-refractivity contribution is 5.99. The number of carbonyl (C=O) groups excluding carboxylic acids is 8. The molecule has 7 rings (SSSR count). The number of fused-ring (bicyclic) bond motifs is 1. The van der Waals surface area contributed by atoms with Gasteiger partial charge in [-0.25, -0.2) is 19.2 Å². The van der Waals surface area contributed by atoms with E-state index < -0.39 is 137 Å². The molecule has 2 saturated carbocycles. The lowest BCUT2D eigenvalue weighted by atomic mass is 9.78. The maximum absolute atomic E-state index is 14.0. The number of unbranched alkanes of at least 4 members (excludes halogenated alkanes) is 10. The van der Waals surface area contributed by atoms with E-state index in [1.165, 1.54) is 93.9 Å². The van der Waals surface area contributed by atoms with E-state index in [0.29, 0.717) is 47.2 Å². The number of nitrogens with one attached hydrogen (secondary N) is 6. The SMILES string of the molecule is CCCCCCCCOc1ccc(NC(=O)C(CCCNC(=O)OC(C)(C)C)NC(=O)C2(O)CC(O)C(O)C(OC(=O)/C=C/c3ccc(O)cc3)C2)cc1.CCCCCCCCOc1ccc(NC(=O)C(CCCNC(=O)OC(C)(C)C)NC(=O)C2(O)CC(OC(=O)/C=C/c3ccc(O)cc3)C3OC(C)(C)OC3C2)cc1. The van der Waals surface area contributed by atoms with Gasteiger partial charge in [0.15, 0.2) is 5.79 Å². The van der Waals surface area contributed by atoms with Crippen LogP contribution in [0.1, 0.15) is 209 Å². The lowest BCUT2D eigenvalue weighted by molar-refractivity contribution is -0.187. The molecule has 0 bridgehead atoms. The Bertz CT molecular complexity index is 3650. The number of rotatable bonds is 38. The Morgan fingerprint density at radius 3 is 1.31 bits per heavy atom. The molecule has 28 heteroatoms. The van der Waals surface area contributed by atoms with Gasteiger partial charge in [0.2, 0.25) is 11.8 Å². The smallest absolute Gasteiger partial charge is 0.407 e. The Labute approximate surface area is 651 Å². The molecule has 0 spiro atoms. The third kappa shape index (κ3) is 32.9. The van der Waals surface area contributed by atoms with Crippen LogP contribution < -0.4 is 41.4 Å². The van der Waals surface area contributed by atoms with E-state index >= 15 is 0 Å². The molecule has 0 aromatic heterocycles. The molecule has 3 fully saturated rings. The van der Waals surface area contributed by atoms with Crippen molar-refractivity contribution in [3.8, 4) is 23.0 Å². The first-order valence-corrected chi connectivity index (χ1v) is 38.7. The number of ether oxygens (including phenoxy) is 8. The van der Waals surface area contributed by atoms with Crippen LogP contribution in [0.3, 0.4) is 0 Å². The van der Waals surface area contributed by atoms with E-state index in [2.05, 4.69) is 45.7 Å². The van der Waals surface area contributed by atoms with Crippen molar-refractivity contribution in [2.75, 3.05) is 36.9 Å². The van der Waals surface area contributed by atoms with E-state index in [4.69, 9.17) is 37.9 Å². The van der Waals surface area contributed by atoms with Crippen molar-refractivity contribution in [3.05, 3.63) is 120 Å². The number of benzene rings is 4. The number of carbonyl (C=O) groups is 8. The number of phenols is 2. The molecule has 612 valence electrons. The zero-order valence-corrected chi connectivity index (χ0v) is 65.9. The number of aliphatic hydroxyl groups is 4. The molecule has 1 heterocycles. The summed E-state index contributed by atoms with van der Waals surface area (Å²) in [6.07, 6.45) is 9.33. The van der Waals surface area contributed by atoms with Gasteiger partial charge in [-0.05, 0) is 190 Å². The maximum atomic E-state index is 14.0. The van der Waals surface area contributed by atoms with Crippen LogP contribution in [0.25, 0.3) is 12.2 Å². The fourth-order valence-electron chi connectivity index (χ4n) is 12.5. The summed E-state index contributed by atoms with van der Waals surface area (Å²) in [6.45, 7) is 19.6. The van der Waals surface area contributed by atoms with E-state index in [1.807, 2.05) is 0 Å². The number of hydrogen-bond donors (Lipinski definition) is 12. The number of hydrogen-bond acceptors (Lipinski definition) is 22. The summed E-state index contributed by atoms with van der Waals surface area (Å²) >= 11 is 0. The van der Waals surface area contributed by atoms with Crippen LogP contribution in [-0.2, 0) is 57.2 Å². The number of esters is 2. The molecule has 10 atom stereocenters. The first-order chi connectivity index (χ1) is 52.5. The van der Waals surface area contributed by atoms with Gasteiger partial charge in [0.25, 0.3) is 11.8 Å². The maximum Gasteiger partial charge on any atom is 0.407 e. The summed E-state index contributed by atoms with van der Waals surface area (Å²) in [5.41, 5.74) is -3.72.